The van der Waals surface area contributed by atoms with Gasteiger partial charge in [0, 0.05) is 20.1 Å². The zero-order chi connectivity index (χ0) is 15.6. The molecule has 0 spiro atoms. The first-order chi connectivity index (χ1) is 9.62. The molecule has 116 valence electrons. The highest BCUT2D eigenvalue weighted by Crippen LogP contribution is 1.99. The molecule has 0 fully saturated rings. The SMILES string of the molecule is CC(=O)OCc1ccccc1.CCOCC.OCCO. The lowest BCUT2D eigenvalue weighted by atomic mass is 10.2. The number of hydrogen-bond donors (Lipinski definition) is 2. The van der Waals surface area contributed by atoms with Crippen LogP contribution < -0.4 is 0 Å². The van der Waals surface area contributed by atoms with Crippen LogP contribution in [-0.2, 0) is 20.9 Å². The lowest BCUT2D eigenvalue weighted by Crippen LogP contribution is -1.97. The van der Waals surface area contributed by atoms with Crippen LogP contribution in [0.15, 0.2) is 30.3 Å². The van der Waals surface area contributed by atoms with Gasteiger partial charge in [-0.25, -0.2) is 0 Å². The minimum absolute atomic E-state index is 0.125. The number of hydrogen-bond acceptors (Lipinski definition) is 5. The van der Waals surface area contributed by atoms with Gasteiger partial charge in [-0.2, -0.15) is 0 Å². The molecule has 0 aromatic heterocycles. The maximum atomic E-state index is 10.4. The summed E-state index contributed by atoms with van der Waals surface area (Å²) in [5, 5.41) is 15.2. The van der Waals surface area contributed by atoms with Crippen molar-refractivity contribution in [1.29, 1.82) is 0 Å². The van der Waals surface area contributed by atoms with E-state index in [-0.39, 0.29) is 19.2 Å². The molecule has 5 nitrogen and oxygen atoms in total. The van der Waals surface area contributed by atoms with Crippen LogP contribution >= 0.6 is 0 Å². The Balaban J connectivity index is 0. The minimum Gasteiger partial charge on any atom is -0.461 e. The van der Waals surface area contributed by atoms with Gasteiger partial charge in [0.2, 0.25) is 0 Å². The second-order valence-corrected chi connectivity index (χ2v) is 3.49. The van der Waals surface area contributed by atoms with Crippen molar-refractivity contribution >= 4 is 5.97 Å². The van der Waals surface area contributed by atoms with E-state index in [0.29, 0.717) is 6.61 Å². The summed E-state index contributed by atoms with van der Waals surface area (Å²) in [5.41, 5.74) is 1.02. The summed E-state index contributed by atoms with van der Waals surface area (Å²) >= 11 is 0. The van der Waals surface area contributed by atoms with E-state index >= 15 is 0 Å². The fraction of sp³-hybridized carbons (Fsp3) is 0.533. The summed E-state index contributed by atoms with van der Waals surface area (Å²) in [5.74, 6) is -0.242. The highest BCUT2D eigenvalue weighted by molar-refractivity contribution is 5.65. The molecule has 0 amide bonds. The Hall–Kier alpha value is -1.43. The van der Waals surface area contributed by atoms with E-state index in [0.717, 1.165) is 18.8 Å². The van der Waals surface area contributed by atoms with Gasteiger partial charge in [-0.05, 0) is 19.4 Å². The second kappa shape index (κ2) is 17.6. The van der Waals surface area contributed by atoms with Crippen molar-refractivity contribution < 1.29 is 24.5 Å². The van der Waals surface area contributed by atoms with E-state index in [1.54, 1.807) is 0 Å². The molecule has 0 bridgehead atoms. The summed E-state index contributed by atoms with van der Waals surface area (Å²) in [7, 11) is 0. The zero-order valence-corrected chi connectivity index (χ0v) is 12.5. The molecule has 0 radical (unpaired) electrons. The average molecular weight is 286 g/mol. The van der Waals surface area contributed by atoms with Gasteiger partial charge >= 0.3 is 5.97 Å². The van der Waals surface area contributed by atoms with E-state index in [9.17, 15) is 4.79 Å². The van der Waals surface area contributed by atoms with Gasteiger partial charge in [0.15, 0.2) is 0 Å². The van der Waals surface area contributed by atoms with Crippen LogP contribution in [0.3, 0.4) is 0 Å². The molecule has 0 aliphatic heterocycles. The number of esters is 1. The summed E-state index contributed by atoms with van der Waals surface area (Å²) in [6.45, 7) is 7.19. The van der Waals surface area contributed by atoms with Crippen molar-refractivity contribution in [1.82, 2.24) is 0 Å². The number of benzene rings is 1. The molecular formula is C15H26O5. The van der Waals surface area contributed by atoms with Gasteiger partial charge in [-0.15, -0.1) is 0 Å². The summed E-state index contributed by atoms with van der Waals surface area (Å²) in [4.78, 5) is 10.4. The van der Waals surface area contributed by atoms with Crippen LogP contribution in [0, 0.1) is 0 Å². The first kappa shape index (κ1) is 20.9. The lowest BCUT2D eigenvalue weighted by Gasteiger charge is -1.99. The second-order valence-electron chi connectivity index (χ2n) is 3.49. The molecule has 5 heteroatoms. The largest absolute Gasteiger partial charge is 0.461 e. The Labute approximate surface area is 121 Å². The van der Waals surface area contributed by atoms with Crippen molar-refractivity contribution in [2.75, 3.05) is 26.4 Å². The van der Waals surface area contributed by atoms with Gasteiger partial charge in [0.1, 0.15) is 6.61 Å². The third-order valence-corrected chi connectivity index (χ3v) is 1.79. The normalized spacial score (nSPS) is 8.65. The van der Waals surface area contributed by atoms with E-state index in [1.165, 1.54) is 6.92 Å². The maximum absolute atomic E-state index is 10.4. The Morgan fingerprint density at radius 3 is 1.85 bits per heavy atom. The quantitative estimate of drug-likeness (QED) is 0.807. The third kappa shape index (κ3) is 18.9. The van der Waals surface area contributed by atoms with Crippen LogP contribution in [0.1, 0.15) is 26.3 Å². The lowest BCUT2D eigenvalue weighted by molar-refractivity contribution is -0.142. The van der Waals surface area contributed by atoms with Gasteiger partial charge < -0.3 is 19.7 Å². The van der Waals surface area contributed by atoms with Crippen molar-refractivity contribution in [2.45, 2.75) is 27.4 Å². The first-order valence-corrected chi connectivity index (χ1v) is 6.59. The Bertz CT molecular complexity index is 296. The minimum atomic E-state index is -0.242. The standard InChI is InChI=1S/C9H10O2.C4H10O.C2H6O2/c1-8(10)11-7-9-5-3-2-4-6-9;1-3-5-4-2;3-1-2-4/h2-6H,7H2,1H3;3-4H2,1-2H3;3-4H,1-2H2. The molecule has 1 aromatic rings. The highest BCUT2D eigenvalue weighted by Gasteiger charge is 1.93. The summed E-state index contributed by atoms with van der Waals surface area (Å²) in [6, 6.07) is 9.60. The number of rotatable bonds is 5. The highest BCUT2D eigenvalue weighted by atomic mass is 16.5. The third-order valence-electron chi connectivity index (χ3n) is 1.79. The summed E-state index contributed by atoms with van der Waals surface area (Å²) in [6.07, 6.45) is 0. The van der Waals surface area contributed by atoms with Crippen LogP contribution in [-0.4, -0.2) is 42.6 Å². The number of ether oxygens (including phenoxy) is 2. The zero-order valence-electron chi connectivity index (χ0n) is 12.5. The maximum Gasteiger partial charge on any atom is 0.302 e. The average Bonchev–Trinajstić information content (AvgIpc) is 2.48. The van der Waals surface area contributed by atoms with Crippen molar-refractivity contribution in [3.63, 3.8) is 0 Å². The molecule has 1 aromatic carbocycles. The molecule has 0 saturated carbocycles. The van der Waals surface area contributed by atoms with Gasteiger partial charge in [0.05, 0.1) is 13.2 Å². The van der Waals surface area contributed by atoms with Gasteiger partial charge in [-0.1, -0.05) is 30.3 Å². The number of carbonyl (C=O) groups excluding carboxylic acids is 1. The molecule has 0 atom stereocenters. The predicted octanol–water partition coefficient (Wildman–Crippen LogP) is 1.76. The van der Waals surface area contributed by atoms with Crippen LogP contribution in [0.4, 0.5) is 0 Å². The van der Waals surface area contributed by atoms with E-state index < -0.39 is 0 Å². The topological polar surface area (TPSA) is 76.0 Å². The van der Waals surface area contributed by atoms with Crippen molar-refractivity contribution in [3.8, 4) is 0 Å². The number of aliphatic hydroxyl groups excluding tert-OH is 2. The smallest absolute Gasteiger partial charge is 0.302 e. The summed E-state index contributed by atoms with van der Waals surface area (Å²) < 4.78 is 9.62. The van der Waals surface area contributed by atoms with Crippen molar-refractivity contribution in [3.05, 3.63) is 35.9 Å². The fourth-order valence-electron chi connectivity index (χ4n) is 0.963. The molecule has 0 aliphatic rings. The molecule has 2 N–H and O–H groups in total. The fourth-order valence-corrected chi connectivity index (χ4v) is 0.963. The molecule has 0 unspecified atom stereocenters. The first-order valence-electron chi connectivity index (χ1n) is 6.59. The Morgan fingerprint density at radius 2 is 1.55 bits per heavy atom. The van der Waals surface area contributed by atoms with Gasteiger partial charge in [-0.3, -0.25) is 4.79 Å². The van der Waals surface area contributed by atoms with E-state index in [1.807, 2.05) is 44.2 Å². The molecule has 0 aliphatic carbocycles. The Morgan fingerprint density at radius 1 is 1.05 bits per heavy atom. The number of aliphatic hydroxyl groups is 2. The molecular weight excluding hydrogens is 260 g/mol. The van der Waals surface area contributed by atoms with Crippen LogP contribution in [0.25, 0.3) is 0 Å². The molecule has 1 rings (SSSR count). The van der Waals surface area contributed by atoms with E-state index in [2.05, 4.69) is 0 Å². The number of carbonyl (C=O) groups is 1. The van der Waals surface area contributed by atoms with Gasteiger partial charge in [0.25, 0.3) is 0 Å². The van der Waals surface area contributed by atoms with E-state index in [4.69, 9.17) is 19.7 Å². The monoisotopic (exact) mass is 286 g/mol. The van der Waals surface area contributed by atoms with Crippen molar-refractivity contribution in [2.24, 2.45) is 0 Å². The van der Waals surface area contributed by atoms with Crippen LogP contribution in [0.5, 0.6) is 0 Å². The predicted molar refractivity (Wildman–Crippen MR) is 78.3 cm³/mol. The van der Waals surface area contributed by atoms with Crippen LogP contribution in [0.2, 0.25) is 0 Å². The Kier molecular flexibility index (Phi) is 18.3. The molecule has 20 heavy (non-hydrogen) atoms. The molecule has 0 heterocycles. The molecule has 0 saturated heterocycles.